The summed E-state index contributed by atoms with van der Waals surface area (Å²) in [5, 5.41) is 22.8. The van der Waals surface area contributed by atoms with Gasteiger partial charge in [-0.25, -0.2) is 9.78 Å². The van der Waals surface area contributed by atoms with Crippen LogP contribution in [0.2, 0.25) is 0 Å². The SMILES string of the molecule is Cc1ccc([N+](=O)[O-])c(NC2(C(=O)O)CCC2)n1. The predicted octanol–water partition coefficient (Wildman–Crippen LogP) is 1.72. The van der Waals surface area contributed by atoms with Crippen LogP contribution in [0.3, 0.4) is 0 Å². The Morgan fingerprint density at radius 1 is 1.56 bits per heavy atom. The largest absolute Gasteiger partial charge is 0.480 e. The minimum atomic E-state index is -1.11. The zero-order valence-electron chi connectivity index (χ0n) is 9.84. The Kier molecular flexibility index (Phi) is 2.90. The van der Waals surface area contributed by atoms with Crippen molar-refractivity contribution >= 4 is 17.5 Å². The number of rotatable bonds is 4. The molecule has 1 aliphatic carbocycles. The summed E-state index contributed by atoms with van der Waals surface area (Å²) >= 11 is 0. The lowest BCUT2D eigenvalue weighted by Crippen LogP contribution is -2.52. The minimum Gasteiger partial charge on any atom is -0.480 e. The van der Waals surface area contributed by atoms with Gasteiger partial charge in [0.05, 0.1) is 4.92 Å². The van der Waals surface area contributed by atoms with E-state index in [9.17, 15) is 20.0 Å². The molecule has 0 atom stereocenters. The number of nitrogens with zero attached hydrogens (tertiary/aromatic N) is 2. The molecule has 7 nitrogen and oxygen atoms in total. The number of carboxylic acid groups (broad SMARTS) is 1. The molecule has 0 radical (unpaired) electrons. The molecule has 0 aromatic carbocycles. The second-order valence-electron chi connectivity index (χ2n) is 4.44. The van der Waals surface area contributed by atoms with Crippen LogP contribution >= 0.6 is 0 Å². The minimum absolute atomic E-state index is 0.0297. The highest BCUT2D eigenvalue weighted by Crippen LogP contribution is 2.37. The summed E-state index contributed by atoms with van der Waals surface area (Å²) in [5.41, 5.74) is -0.706. The topological polar surface area (TPSA) is 105 Å². The maximum atomic E-state index is 11.2. The summed E-state index contributed by atoms with van der Waals surface area (Å²) < 4.78 is 0. The first-order valence-electron chi connectivity index (χ1n) is 5.58. The lowest BCUT2D eigenvalue weighted by molar-refractivity contribution is -0.384. The second-order valence-corrected chi connectivity index (χ2v) is 4.44. The highest BCUT2D eigenvalue weighted by atomic mass is 16.6. The molecule has 0 aliphatic heterocycles. The summed E-state index contributed by atoms with van der Waals surface area (Å²) in [7, 11) is 0. The highest BCUT2D eigenvalue weighted by molar-refractivity contribution is 5.84. The van der Waals surface area contributed by atoms with E-state index in [2.05, 4.69) is 10.3 Å². The number of carboxylic acids is 1. The Balaban J connectivity index is 2.36. The number of aryl methyl sites for hydroxylation is 1. The molecule has 96 valence electrons. The third-order valence-electron chi connectivity index (χ3n) is 3.18. The van der Waals surface area contributed by atoms with Crippen LogP contribution in [0.5, 0.6) is 0 Å². The van der Waals surface area contributed by atoms with Crippen molar-refractivity contribution in [1.82, 2.24) is 4.98 Å². The molecule has 1 fully saturated rings. The maximum absolute atomic E-state index is 11.2. The zero-order chi connectivity index (χ0) is 13.3. The van der Waals surface area contributed by atoms with Gasteiger partial charge in [-0.3, -0.25) is 10.1 Å². The van der Waals surface area contributed by atoms with Crippen LogP contribution in [0.15, 0.2) is 12.1 Å². The summed E-state index contributed by atoms with van der Waals surface area (Å²) in [6.45, 7) is 1.70. The van der Waals surface area contributed by atoms with Crippen molar-refractivity contribution < 1.29 is 14.8 Å². The number of anilines is 1. The van der Waals surface area contributed by atoms with E-state index in [0.717, 1.165) is 6.42 Å². The molecule has 2 N–H and O–H groups in total. The highest BCUT2D eigenvalue weighted by Gasteiger charge is 2.45. The van der Waals surface area contributed by atoms with E-state index < -0.39 is 16.4 Å². The molecule has 0 bridgehead atoms. The maximum Gasteiger partial charge on any atom is 0.329 e. The van der Waals surface area contributed by atoms with Gasteiger partial charge in [0.25, 0.3) is 0 Å². The summed E-state index contributed by atoms with van der Waals surface area (Å²) in [4.78, 5) is 25.5. The molecule has 1 aromatic heterocycles. The van der Waals surface area contributed by atoms with Crippen LogP contribution in [-0.4, -0.2) is 26.5 Å². The Hall–Kier alpha value is -2.18. The smallest absolute Gasteiger partial charge is 0.329 e. The van der Waals surface area contributed by atoms with Gasteiger partial charge in [-0.05, 0) is 32.3 Å². The first kappa shape index (κ1) is 12.3. The Morgan fingerprint density at radius 2 is 2.22 bits per heavy atom. The van der Waals surface area contributed by atoms with Crippen LogP contribution in [0.4, 0.5) is 11.5 Å². The molecule has 0 saturated heterocycles. The number of hydrogen-bond acceptors (Lipinski definition) is 5. The summed E-state index contributed by atoms with van der Waals surface area (Å²) in [5.74, 6) is -0.964. The summed E-state index contributed by atoms with van der Waals surface area (Å²) in [6.07, 6.45) is 1.70. The third-order valence-corrected chi connectivity index (χ3v) is 3.18. The fourth-order valence-corrected chi connectivity index (χ4v) is 1.94. The molecular weight excluding hydrogens is 238 g/mol. The number of hydrogen-bond donors (Lipinski definition) is 2. The normalized spacial score (nSPS) is 16.7. The number of pyridine rings is 1. The van der Waals surface area contributed by atoms with E-state index in [-0.39, 0.29) is 11.5 Å². The van der Waals surface area contributed by atoms with E-state index in [1.807, 2.05) is 0 Å². The van der Waals surface area contributed by atoms with E-state index in [1.165, 1.54) is 12.1 Å². The molecular formula is C11H13N3O4. The molecule has 0 unspecified atom stereocenters. The van der Waals surface area contributed by atoms with Crippen molar-refractivity contribution in [2.45, 2.75) is 31.7 Å². The second kappa shape index (κ2) is 4.25. The Bertz CT molecular complexity index is 511. The van der Waals surface area contributed by atoms with Gasteiger partial charge in [0.2, 0.25) is 5.82 Å². The predicted molar refractivity (Wildman–Crippen MR) is 63.5 cm³/mol. The van der Waals surface area contributed by atoms with Crippen molar-refractivity contribution in [3.05, 3.63) is 27.9 Å². The number of carbonyl (C=O) groups is 1. The molecule has 1 aromatic rings. The number of nitro groups is 1. The lowest BCUT2D eigenvalue weighted by Gasteiger charge is -2.38. The first-order valence-corrected chi connectivity index (χ1v) is 5.58. The van der Waals surface area contributed by atoms with Crippen molar-refractivity contribution in [3.63, 3.8) is 0 Å². The van der Waals surface area contributed by atoms with E-state index in [1.54, 1.807) is 6.92 Å². The number of aliphatic carboxylic acids is 1. The van der Waals surface area contributed by atoms with Gasteiger partial charge >= 0.3 is 11.7 Å². The van der Waals surface area contributed by atoms with Gasteiger partial charge in [-0.2, -0.15) is 0 Å². The molecule has 18 heavy (non-hydrogen) atoms. The number of aromatic nitrogens is 1. The monoisotopic (exact) mass is 251 g/mol. The van der Waals surface area contributed by atoms with Gasteiger partial charge < -0.3 is 10.4 Å². The first-order chi connectivity index (χ1) is 8.44. The Labute approximate surface area is 103 Å². The quantitative estimate of drug-likeness (QED) is 0.623. The molecule has 1 aliphatic rings. The molecule has 2 rings (SSSR count). The van der Waals surface area contributed by atoms with Gasteiger partial charge in [0.15, 0.2) is 0 Å². The average molecular weight is 251 g/mol. The van der Waals surface area contributed by atoms with Crippen LogP contribution in [0, 0.1) is 17.0 Å². The molecule has 0 spiro atoms. The standard InChI is InChI=1S/C11H13N3O4/c1-7-3-4-8(14(17)18)9(12-7)13-11(10(15)16)5-2-6-11/h3-4H,2,5-6H2,1H3,(H,12,13)(H,15,16). The van der Waals surface area contributed by atoms with Crippen molar-refractivity contribution in [2.24, 2.45) is 0 Å². The summed E-state index contributed by atoms with van der Waals surface area (Å²) in [6, 6.07) is 2.86. The van der Waals surface area contributed by atoms with E-state index >= 15 is 0 Å². The van der Waals surface area contributed by atoms with Gasteiger partial charge in [0, 0.05) is 11.8 Å². The van der Waals surface area contributed by atoms with E-state index in [0.29, 0.717) is 18.5 Å². The molecule has 7 heteroatoms. The fourth-order valence-electron chi connectivity index (χ4n) is 1.94. The van der Waals surface area contributed by atoms with Crippen LogP contribution in [0.1, 0.15) is 25.0 Å². The zero-order valence-corrected chi connectivity index (χ0v) is 9.84. The van der Waals surface area contributed by atoms with Crippen molar-refractivity contribution in [1.29, 1.82) is 0 Å². The molecule has 1 heterocycles. The third kappa shape index (κ3) is 1.99. The van der Waals surface area contributed by atoms with Crippen LogP contribution in [-0.2, 0) is 4.79 Å². The average Bonchev–Trinajstić information content (AvgIpc) is 2.22. The molecule has 1 saturated carbocycles. The van der Waals surface area contributed by atoms with Gasteiger partial charge in [-0.1, -0.05) is 0 Å². The van der Waals surface area contributed by atoms with Crippen LogP contribution < -0.4 is 5.32 Å². The van der Waals surface area contributed by atoms with Gasteiger partial charge in [0.1, 0.15) is 5.54 Å². The van der Waals surface area contributed by atoms with Gasteiger partial charge in [-0.15, -0.1) is 0 Å². The van der Waals surface area contributed by atoms with E-state index in [4.69, 9.17) is 0 Å². The van der Waals surface area contributed by atoms with Crippen molar-refractivity contribution in [3.8, 4) is 0 Å². The lowest BCUT2D eigenvalue weighted by atomic mass is 9.77. The number of nitrogens with one attached hydrogen (secondary N) is 1. The van der Waals surface area contributed by atoms with Crippen molar-refractivity contribution in [2.75, 3.05) is 5.32 Å². The fraction of sp³-hybridized carbons (Fsp3) is 0.455. The molecule has 0 amide bonds. The Morgan fingerprint density at radius 3 is 2.67 bits per heavy atom. The van der Waals surface area contributed by atoms with Crippen LogP contribution in [0.25, 0.3) is 0 Å².